The fourth-order valence-corrected chi connectivity index (χ4v) is 2.91. The second-order valence-corrected chi connectivity index (χ2v) is 5.68. The molecule has 94 valence electrons. The Kier molecular flexibility index (Phi) is 4.33. The van der Waals surface area contributed by atoms with Crippen LogP contribution in [-0.4, -0.2) is 16.6 Å². The van der Waals surface area contributed by atoms with Gasteiger partial charge in [0.25, 0.3) is 0 Å². The molecule has 1 amide bonds. The van der Waals surface area contributed by atoms with Crippen molar-refractivity contribution in [2.75, 3.05) is 11.1 Å². The third-order valence-electron chi connectivity index (χ3n) is 2.05. The number of halogens is 1. The van der Waals surface area contributed by atoms with Crippen molar-refractivity contribution in [2.24, 2.45) is 0 Å². The summed E-state index contributed by atoms with van der Waals surface area (Å²) in [6, 6.07) is 5.69. The summed E-state index contributed by atoms with van der Waals surface area (Å²) < 4.78 is 13.5. The highest BCUT2D eigenvalue weighted by Crippen LogP contribution is 2.22. The number of rotatable bonds is 4. The molecule has 2 rings (SSSR count). The number of hydrogen-bond donors (Lipinski definition) is 1. The summed E-state index contributed by atoms with van der Waals surface area (Å²) >= 11 is 2.92. The summed E-state index contributed by atoms with van der Waals surface area (Å²) in [5.41, 5.74) is 1.55. The quantitative estimate of drug-likeness (QED) is 0.875. The minimum atomic E-state index is -0.319. The zero-order chi connectivity index (χ0) is 13.0. The second kappa shape index (κ2) is 5.97. The Hall–Kier alpha value is -1.40. The molecule has 0 unspecified atom stereocenters. The first-order valence-electron chi connectivity index (χ1n) is 5.24. The third kappa shape index (κ3) is 3.82. The van der Waals surface area contributed by atoms with Crippen molar-refractivity contribution in [3.8, 4) is 0 Å². The zero-order valence-corrected chi connectivity index (χ0v) is 11.3. The van der Waals surface area contributed by atoms with Crippen molar-refractivity contribution < 1.29 is 9.18 Å². The van der Waals surface area contributed by atoms with Crippen LogP contribution in [-0.2, 0) is 4.79 Å². The highest BCUT2D eigenvalue weighted by Gasteiger charge is 2.06. The smallest absolute Gasteiger partial charge is 0.234 e. The van der Waals surface area contributed by atoms with E-state index in [4.69, 9.17) is 0 Å². The van der Waals surface area contributed by atoms with Gasteiger partial charge in [-0.1, -0.05) is 11.8 Å². The Morgan fingerprint density at radius 1 is 1.44 bits per heavy atom. The largest absolute Gasteiger partial charge is 0.325 e. The van der Waals surface area contributed by atoms with Gasteiger partial charge < -0.3 is 5.32 Å². The molecule has 0 spiro atoms. The lowest BCUT2D eigenvalue weighted by atomic mass is 10.3. The lowest BCUT2D eigenvalue weighted by molar-refractivity contribution is -0.113. The van der Waals surface area contributed by atoms with E-state index < -0.39 is 0 Å². The number of thiazole rings is 1. The van der Waals surface area contributed by atoms with Gasteiger partial charge in [0.15, 0.2) is 4.34 Å². The molecule has 3 nitrogen and oxygen atoms in total. The molecule has 6 heteroatoms. The van der Waals surface area contributed by atoms with Crippen LogP contribution in [0.3, 0.4) is 0 Å². The highest BCUT2D eigenvalue weighted by atomic mass is 32.2. The molecule has 0 radical (unpaired) electrons. The van der Waals surface area contributed by atoms with Crippen LogP contribution in [0.1, 0.15) is 5.69 Å². The highest BCUT2D eigenvalue weighted by molar-refractivity contribution is 8.01. The molecule has 0 fully saturated rings. The number of carbonyl (C=O) groups is 1. The fraction of sp³-hybridized carbons (Fsp3) is 0.167. The normalized spacial score (nSPS) is 10.3. The van der Waals surface area contributed by atoms with Gasteiger partial charge in [-0.3, -0.25) is 4.79 Å². The molecule has 1 aromatic heterocycles. The van der Waals surface area contributed by atoms with E-state index in [9.17, 15) is 9.18 Å². The number of carbonyl (C=O) groups excluding carboxylic acids is 1. The molecular formula is C12H11FN2OS2. The third-order valence-corrected chi connectivity index (χ3v) is 4.19. The SMILES string of the molecule is Cc1csc(SCC(=O)Nc2ccc(F)cc2)n1. The maximum atomic E-state index is 12.7. The minimum absolute atomic E-state index is 0.125. The van der Waals surface area contributed by atoms with Crippen LogP contribution in [0.5, 0.6) is 0 Å². The van der Waals surface area contributed by atoms with E-state index in [-0.39, 0.29) is 11.7 Å². The Morgan fingerprint density at radius 3 is 2.78 bits per heavy atom. The summed E-state index contributed by atoms with van der Waals surface area (Å²) in [7, 11) is 0. The standard InChI is InChI=1S/C12H11FN2OS2/c1-8-6-17-12(14-8)18-7-11(16)15-10-4-2-9(13)3-5-10/h2-6H,7H2,1H3,(H,15,16). The number of aromatic nitrogens is 1. The van der Waals surface area contributed by atoms with Gasteiger partial charge in [0.05, 0.1) is 5.75 Å². The maximum Gasteiger partial charge on any atom is 0.234 e. The van der Waals surface area contributed by atoms with E-state index in [2.05, 4.69) is 10.3 Å². The molecule has 0 aliphatic heterocycles. The van der Waals surface area contributed by atoms with Crippen LogP contribution in [0.25, 0.3) is 0 Å². The number of nitrogens with zero attached hydrogens (tertiary/aromatic N) is 1. The Morgan fingerprint density at radius 2 is 2.17 bits per heavy atom. The van der Waals surface area contributed by atoms with Crippen LogP contribution in [0.2, 0.25) is 0 Å². The van der Waals surface area contributed by atoms with Crippen molar-refractivity contribution in [3.63, 3.8) is 0 Å². The number of anilines is 1. The number of hydrogen-bond acceptors (Lipinski definition) is 4. The van der Waals surface area contributed by atoms with Crippen LogP contribution >= 0.6 is 23.1 Å². The molecule has 0 saturated heterocycles. The van der Waals surface area contributed by atoms with Gasteiger partial charge in [-0.2, -0.15) is 0 Å². The van der Waals surface area contributed by atoms with Crippen LogP contribution in [0.15, 0.2) is 34.0 Å². The Labute approximate surface area is 112 Å². The molecular weight excluding hydrogens is 271 g/mol. The second-order valence-electron chi connectivity index (χ2n) is 3.60. The van der Waals surface area contributed by atoms with Crippen LogP contribution in [0.4, 0.5) is 10.1 Å². The van der Waals surface area contributed by atoms with Crippen molar-refractivity contribution in [1.82, 2.24) is 4.98 Å². The molecule has 1 N–H and O–H groups in total. The van der Waals surface area contributed by atoms with Crippen LogP contribution in [0, 0.1) is 12.7 Å². The molecule has 18 heavy (non-hydrogen) atoms. The maximum absolute atomic E-state index is 12.7. The number of nitrogens with one attached hydrogen (secondary N) is 1. The lowest BCUT2D eigenvalue weighted by Gasteiger charge is -2.03. The van der Waals surface area contributed by atoms with Crippen molar-refractivity contribution in [1.29, 1.82) is 0 Å². The Bertz CT molecular complexity index is 539. The van der Waals surface area contributed by atoms with Crippen LogP contribution < -0.4 is 5.32 Å². The molecule has 0 aliphatic carbocycles. The first kappa shape index (κ1) is 13.0. The van der Waals surface area contributed by atoms with Gasteiger partial charge in [0.2, 0.25) is 5.91 Å². The number of benzene rings is 1. The van der Waals surface area contributed by atoms with E-state index in [1.54, 1.807) is 0 Å². The number of aryl methyl sites for hydroxylation is 1. The summed E-state index contributed by atoms with van der Waals surface area (Å²) in [6.45, 7) is 1.92. The first-order valence-corrected chi connectivity index (χ1v) is 7.10. The summed E-state index contributed by atoms with van der Waals surface area (Å²) in [5.74, 6) is -0.148. The first-order chi connectivity index (χ1) is 8.63. The molecule has 0 atom stereocenters. The van der Waals surface area contributed by atoms with E-state index in [1.165, 1.54) is 47.4 Å². The zero-order valence-electron chi connectivity index (χ0n) is 9.64. The van der Waals surface area contributed by atoms with E-state index >= 15 is 0 Å². The van der Waals surface area contributed by atoms with Crippen molar-refractivity contribution in [2.45, 2.75) is 11.3 Å². The van der Waals surface area contributed by atoms with Gasteiger partial charge in [0.1, 0.15) is 5.82 Å². The Balaban J connectivity index is 1.83. The summed E-state index contributed by atoms with van der Waals surface area (Å²) in [4.78, 5) is 15.9. The molecule has 1 aromatic carbocycles. The lowest BCUT2D eigenvalue weighted by Crippen LogP contribution is -2.13. The van der Waals surface area contributed by atoms with Gasteiger partial charge >= 0.3 is 0 Å². The monoisotopic (exact) mass is 282 g/mol. The van der Waals surface area contributed by atoms with Crippen molar-refractivity contribution in [3.05, 3.63) is 41.2 Å². The molecule has 0 bridgehead atoms. The van der Waals surface area contributed by atoms with E-state index in [1.807, 2.05) is 12.3 Å². The minimum Gasteiger partial charge on any atom is -0.325 e. The summed E-state index contributed by atoms with van der Waals surface area (Å²) in [5, 5.41) is 4.64. The van der Waals surface area contributed by atoms with Gasteiger partial charge in [-0.25, -0.2) is 9.37 Å². The average molecular weight is 282 g/mol. The summed E-state index contributed by atoms with van der Waals surface area (Å²) in [6.07, 6.45) is 0. The molecule has 0 saturated carbocycles. The van der Waals surface area contributed by atoms with E-state index in [0.29, 0.717) is 11.4 Å². The van der Waals surface area contributed by atoms with Gasteiger partial charge in [0, 0.05) is 16.8 Å². The number of thioether (sulfide) groups is 1. The van der Waals surface area contributed by atoms with E-state index in [0.717, 1.165) is 10.0 Å². The molecule has 1 heterocycles. The fourth-order valence-electron chi connectivity index (χ4n) is 1.26. The molecule has 0 aliphatic rings. The predicted molar refractivity (Wildman–Crippen MR) is 72.6 cm³/mol. The van der Waals surface area contributed by atoms with Gasteiger partial charge in [-0.15, -0.1) is 11.3 Å². The molecule has 2 aromatic rings. The average Bonchev–Trinajstić information content (AvgIpc) is 2.76. The van der Waals surface area contributed by atoms with Gasteiger partial charge in [-0.05, 0) is 31.2 Å². The topological polar surface area (TPSA) is 42.0 Å². The van der Waals surface area contributed by atoms with Crippen molar-refractivity contribution >= 4 is 34.7 Å². The predicted octanol–water partition coefficient (Wildman–Crippen LogP) is 3.32. The number of amides is 1.